The number of ether oxygens (including phenoxy) is 1. The average molecular weight is 680 g/mol. The number of hydrogen-bond donors (Lipinski definition) is 5. The highest BCUT2D eigenvalue weighted by atomic mass is 35.5. The number of nitrogens with two attached hydrogens (primary N) is 1. The van der Waals surface area contributed by atoms with Crippen molar-refractivity contribution in [1.29, 1.82) is 0 Å². The monoisotopic (exact) mass is 679 g/mol. The van der Waals surface area contributed by atoms with E-state index >= 15 is 0 Å². The molecular formula is C31H42ClN5O8S. The Kier molecular flexibility index (Phi) is 12.9. The molecule has 0 saturated carbocycles. The topological polar surface area (TPSA) is 197 Å². The Bertz CT molecular complexity index is 1460. The number of nitrogens with zero attached hydrogens (tertiary/aromatic N) is 1. The zero-order chi connectivity index (χ0) is 34.1. The second kappa shape index (κ2) is 16.2. The summed E-state index contributed by atoms with van der Waals surface area (Å²) in [5, 5.41) is 23.8. The molecule has 4 amide bonds. The summed E-state index contributed by atoms with van der Waals surface area (Å²) in [6.07, 6.45) is -3.09. The number of likely N-dealkylation sites (tertiary alicyclic amines) is 1. The van der Waals surface area contributed by atoms with E-state index in [1.54, 1.807) is 81.4 Å². The first-order valence-corrected chi connectivity index (χ1v) is 16.9. The van der Waals surface area contributed by atoms with Crippen molar-refractivity contribution < 1.29 is 37.4 Å². The van der Waals surface area contributed by atoms with Crippen LogP contribution in [-0.2, 0) is 42.2 Å². The summed E-state index contributed by atoms with van der Waals surface area (Å²) >= 11 is 6.35. The number of carbonyl (C=O) groups excluding carboxylic acids is 4. The van der Waals surface area contributed by atoms with Crippen molar-refractivity contribution in [2.75, 3.05) is 12.3 Å². The number of benzene rings is 2. The molecule has 1 aliphatic heterocycles. The van der Waals surface area contributed by atoms with Crippen molar-refractivity contribution in [2.24, 2.45) is 5.14 Å². The smallest absolute Gasteiger partial charge is 0.408 e. The van der Waals surface area contributed by atoms with Crippen LogP contribution < -0.4 is 21.1 Å². The van der Waals surface area contributed by atoms with E-state index in [1.807, 2.05) is 0 Å². The van der Waals surface area contributed by atoms with Gasteiger partial charge in [0, 0.05) is 12.1 Å². The van der Waals surface area contributed by atoms with Gasteiger partial charge in [-0.25, -0.2) is 18.4 Å². The minimum Gasteiger partial charge on any atom is -0.445 e. The quantitative estimate of drug-likeness (QED) is 0.194. The van der Waals surface area contributed by atoms with E-state index in [0.29, 0.717) is 11.1 Å². The molecule has 46 heavy (non-hydrogen) atoms. The number of sulfonamides is 1. The third-order valence-corrected chi connectivity index (χ3v) is 8.23. The largest absolute Gasteiger partial charge is 0.445 e. The van der Waals surface area contributed by atoms with Crippen LogP contribution in [0.5, 0.6) is 0 Å². The molecule has 6 N–H and O–H groups in total. The van der Waals surface area contributed by atoms with Crippen LogP contribution in [0.4, 0.5) is 4.79 Å². The van der Waals surface area contributed by atoms with Gasteiger partial charge in [-0.15, -0.1) is 11.6 Å². The number of primary sulfonamides is 1. The zero-order valence-electron chi connectivity index (χ0n) is 26.0. The standard InChI is InChI=1S/C31H42ClN5O8S/c1-31(2,3)36-28(40)25-17-22(32)18-37(25)29(41)26(38)24(16-20-10-6-4-7-11-20)34-27(39)23(14-15-46(33,43)44)35-30(42)45-19-21-12-8-5-9-13-21/h4-13,22-26,38H,14-19H2,1-3H3,(H,34,39)(H,35,42)(H,36,40)(H2,33,43,44)/t22-,23?,24-,25-,26-/m0/s1. The van der Waals surface area contributed by atoms with E-state index in [0.717, 1.165) is 0 Å². The molecule has 0 radical (unpaired) electrons. The Morgan fingerprint density at radius 2 is 1.61 bits per heavy atom. The Labute approximate surface area is 274 Å². The minimum atomic E-state index is -4.03. The molecule has 5 atom stereocenters. The first-order valence-electron chi connectivity index (χ1n) is 14.8. The second-order valence-electron chi connectivity index (χ2n) is 12.2. The van der Waals surface area contributed by atoms with E-state index in [1.165, 1.54) is 4.90 Å². The fourth-order valence-corrected chi connectivity index (χ4v) is 5.80. The van der Waals surface area contributed by atoms with Gasteiger partial charge in [0.1, 0.15) is 18.7 Å². The highest BCUT2D eigenvalue weighted by Gasteiger charge is 2.43. The number of aliphatic hydroxyl groups excluding tert-OH is 1. The number of carbonyl (C=O) groups is 4. The van der Waals surface area contributed by atoms with E-state index in [-0.39, 0.29) is 26.0 Å². The summed E-state index contributed by atoms with van der Waals surface area (Å²) < 4.78 is 28.7. The maximum atomic E-state index is 13.7. The number of hydrogen-bond acceptors (Lipinski definition) is 8. The van der Waals surface area contributed by atoms with Gasteiger partial charge in [-0.05, 0) is 51.2 Å². The van der Waals surface area contributed by atoms with E-state index < -0.39 is 81.2 Å². The molecule has 0 aromatic heterocycles. The lowest BCUT2D eigenvalue weighted by Gasteiger charge is -2.32. The van der Waals surface area contributed by atoms with Gasteiger partial charge in [0.2, 0.25) is 21.8 Å². The maximum Gasteiger partial charge on any atom is 0.408 e. The highest BCUT2D eigenvalue weighted by Crippen LogP contribution is 2.25. The van der Waals surface area contributed by atoms with Crippen LogP contribution in [0.3, 0.4) is 0 Å². The number of alkyl carbamates (subject to hydrolysis) is 1. The maximum absolute atomic E-state index is 13.7. The Morgan fingerprint density at radius 1 is 1.02 bits per heavy atom. The molecule has 1 aliphatic rings. The van der Waals surface area contributed by atoms with E-state index in [2.05, 4.69) is 16.0 Å². The fourth-order valence-electron chi connectivity index (χ4n) is 4.92. The molecule has 1 heterocycles. The third kappa shape index (κ3) is 11.9. The summed E-state index contributed by atoms with van der Waals surface area (Å²) in [5.41, 5.74) is 0.762. The van der Waals surface area contributed by atoms with Gasteiger partial charge in [-0.1, -0.05) is 60.7 Å². The SMILES string of the molecule is CC(C)(C)NC(=O)[C@@H]1C[C@H](Cl)CN1C(=O)[C@@H](O)[C@H](Cc1ccccc1)NC(=O)C(CCS(N)(=O)=O)NC(=O)OCc1ccccc1. The number of aliphatic hydroxyl groups is 1. The number of alkyl halides is 1. The van der Waals surface area contributed by atoms with Gasteiger partial charge in [0.05, 0.1) is 17.2 Å². The van der Waals surface area contributed by atoms with Gasteiger partial charge < -0.3 is 30.7 Å². The lowest BCUT2D eigenvalue weighted by Crippen LogP contribution is -2.59. The highest BCUT2D eigenvalue weighted by molar-refractivity contribution is 7.89. The first-order chi connectivity index (χ1) is 21.5. The Balaban J connectivity index is 1.82. The molecule has 0 spiro atoms. The van der Waals surface area contributed by atoms with Crippen molar-refractivity contribution >= 4 is 45.4 Å². The van der Waals surface area contributed by atoms with Crippen LogP contribution in [0.2, 0.25) is 0 Å². The van der Waals surface area contributed by atoms with Crippen LogP contribution in [0.15, 0.2) is 60.7 Å². The lowest BCUT2D eigenvalue weighted by molar-refractivity contribution is -0.147. The summed E-state index contributed by atoms with van der Waals surface area (Å²) in [7, 11) is -4.03. The molecule has 1 unspecified atom stereocenters. The summed E-state index contributed by atoms with van der Waals surface area (Å²) in [6, 6.07) is 13.9. The lowest BCUT2D eigenvalue weighted by atomic mass is 9.99. The molecule has 15 heteroatoms. The minimum absolute atomic E-state index is 0.00250. The summed E-state index contributed by atoms with van der Waals surface area (Å²) in [6.45, 7) is 5.27. The van der Waals surface area contributed by atoms with Crippen molar-refractivity contribution in [3.05, 3.63) is 71.8 Å². The van der Waals surface area contributed by atoms with Crippen LogP contribution in [0.1, 0.15) is 44.7 Å². The fraction of sp³-hybridized carbons (Fsp3) is 0.484. The molecule has 1 saturated heterocycles. The molecular weight excluding hydrogens is 638 g/mol. The third-order valence-electron chi connectivity index (χ3n) is 7.11. The van der Waals surface area contributed by atoms with E-state index in [4.69, 9.17) is 21.5 Å². The van der Waals surface area contributed by atoms with Crippen molar-refractivity contribution in [2.45, 2.75) is 81.8 Å². The zero-order valence-corrected chi connectivity index (χ0v) is 27.6. The summed E-state index contributed by atoms with van der Waals surface area (Å²) in [4.78, 5) is 54.1. The van der Waals surface area contributed by atoms with Crippen LogP contribution in [0, 0.1) is 0 Å². The number of amides is 4. The number of nitrogens with one attached hydrogen (secondary N) is 3. The van der Waals surface area contributed by atoms with Gasteiger partial charge in [-0.2, -0.15) is 0 Å². The molecule has 252 valence electrons. The Hall–Kier alpha value is -3.72. The van der Waals surface area contributed by atoms with Crippen molar-refractivity contribution in [3.63, 3.8) is 0 Å². The average Bonchev–Trinajstić information content (AvgIpc) is 3.38. The van der Waals surface area contributed by atoms with Gasteiger partial charge in [0.25, 0.3) is 5.91 Å². The molecule has 1 fully saturated rings. The van der Waals surface area contributed by atoms with Gasteiger partial charge in [0.15, 0.2) is 6.10 Å². The number of rotatable bonds is 13. The normalized spacial score (nSPS) is 18.6. The van der Waals surface area contributed by atoms with Gasteiger partial charge >= 0.3 is 6.09 Å². The van der Waals surface area contributed by atoms with Crippen LogP contribution in [-0.4, -0.2) is 89.7 Å². The Morgan fingerprint density at radius 3 is 2.17 bits per heavy atom. The van der Waals surface area contributed by atoms with Crippen LogP contribution in [0.25, 0.3) is 0 Å². The molecule has 13 nitrogen and oxygen atoms in total. The van der Waals surface area contributed by atoms with Crippen molar-refractivity contribution in [3.8, 4) is 0 Å². The van der Waals surface area contributed by atoms with E-state index in [9.17, 15) is 32.7 Å². The predicted molar refractivity (Wildman–Crippen MR) is 172 cm³/mol. The molecule has 2 aromatic rings. The first kappa shape index (κ1) is 36.7. The van der Waals surface area contributed by atoms with Gasteiger partial charge in [-0.3, -0.25) is 14.4 Å². The summed E-state index contributed by atoms with van der Waals surface area (Å²) in [5.74, 6) is -2.78. The molecule has 2 aromatic carbocycles. The number of halogens is 1. The predicted octanol–water partition coefficient (Wildman–Crippen LogP) is 1.17. The van der Waals surface area contributed by atoms with Crippen LogP contribution >= 0.6 is 11.6 Å². The van der Waals surface area contributed by atoms with Crippen molar-refractivity contribution in [1.82, 2.24) is 20.9 Å². The molecule has 0 aliphatic carbocycles. The molecule has 0 bridgehead atoms. The second-order valence-corrected chi connectivity index (χ2v) is 14.6. The molecule has 3 rings (SSSR count).